The third-order valence-corrected chi connectivity index (χ3v) is 3.66. The van der Waals surface area contributed by atoms with Crippen LogP contribution < -0.4 is 4.74 Å². The minimum Gasteiger partial charge on any atom is -0.488 e. The second-order valence-electron chi connectivity index (χ2n) is 6.57. The molecule has 3 nitrogen and oxygen atoms in total. The molecule has 136 valence electrons. The van der Waals surface area contributed by atoms with Crippen LogP contribution in [0, 0.1) is 24.7 Å². The van der Waals surface area contributed by atoms with Crippen molar-refractivity contribution < 1.29 is 14.3 Å². The first kappa shape index (κ1) is 21.1. The Morgan fingerprint density at radius 2 is 1.96 bits per heavy atom. The lowest BCUT2D eigenvalue weighted by atomic mass is 10.1. The number of hydrogen-bond donors (Lipinski definition) is 0. The van der Waals surface area contributed by atoms with Crippen LogP contribution in [0.15, 0.2) is 48.6 Å². The quantitative estimate of drug-likeness (QED) is 0.374. The Hall–Kier alpha value is -2.91. The Bertz CT molecular complexity index is 724. The molecule has 0 aliphatic heterocycles. The van der Waals surface area contributed by atoms with Gasteiger partial charge in [0.2, 0.25) is 0 Å². The average Bonchev–Trinajstić information content (AvgIpc) is 2.58. The van der Waals surface area contributed by atoms with Crippen molar-refractivity contribution in [1.29, 1.82) is 0 Å². The van der Waals surface area contributed by atoms with E-state index < -0.39 is 6.10 Å². The van der Waals surface area contributed by atoms with Crippen molar-refractivity contribution in [3.05, 3.63) is 54.1 Å². The van der Waals surface area contributed by atoms with Gasteiger partial charge in [-0.2, -0.15) is 0 Å². The summed E-state index contributed by atoms with van der Waals surface area (Å²) in [5.41, 5.74) is 1.25. The van der Waals surface area contributed by atoms with Crippen LogP contribution in [0.4, 0.5) is 0 Å². The second-order valence-corrected chi connectivity index (χ2v) is 6.57. The van der Waals surface area contributed by atoms with Gasteiger partial charge in [-0.25, -0.2) is 0 Å². The summed E-state index contributed by atoms with van der Waals surface area (Å²) in [4.78, 5) is 12.1. The summed E-state index contributed by atoms with van der Waals surface area (Å²) in [6.45, 7) is 9.52. The molecule has 0 saturated carbocycles. The number of benzene rings is 1. The molecule has 1 aromatic rings. The summed E-state index contributed by atoms with van der Waals surface area (Å²) in [6.07, 6.45) is 14.9. The molecule has 0 saturated heterocycles. The van der Waals surface area contributed by atoms with E-state index in [1.807, 2.05) is 44.2 Å². The maximum absolute atomic E-state index is 12.1. The Morgan fingerprint density at radius 3 is 2.50 bits per heavy atom. The highest BCUT2D eigenvalue weighted by atomic mass is 16.5. The number of carbonyl (C=O) groups excluding carboxylic acids is 1. The van der Waals surface area contributed by atoms with E-state index in [4.69, 9.17) is 22.3 Å². The largest absolute Gasteiger partial charge is 0.488 e. The van der Waals surface area contributed by atoms with Gasteiger partial charge >= 0.3 is 5.97 Å². The fourth-order valence-electron chi connectivity index (χ4n) is 2.31. The van der Waals surface area contributed by atoms with Crippen molar-refractivity contribution in [3.8, 4) is 30.4 Å². The molecule has 1 unspecified atom stereocenters. The normalized spacial score (nSPS) is 12.4. The van der Waals surface area contributed by atoms with E-state index in [1.54, 1.807) is 13.0 Å². The van der Waals surface area contributed by atoms with Gasteiger partial charge in [0, 0.05) is 12.8 Å². The fraction of sp³-hybridized carbons (Fsp3) is 0.348. The molecule has 0 aromatic heterocycles. The monoisotopic (exact) mass is 350 g/mol. The molecule has 3 heteroatoms. The summed E-state index contributed by atoms with van der Waals surface area (Å²) in [6, 6.07) is 7.35. The number of rotatable bonds is 9. The standard InChI is InChI=1S/C23H26O3/c1-7-10-11-18(4)21(9-3)25-22(24)17-19-12-14-20(15-13-19)26-23(5,6)16-8-2/h1,3,8,11-15,21H,2,10,16-17H2,4-6H3. The third kappa shape index (κ3) is 7.32. The minimum absolute atomic E-state index is 0.136. The number of esters is 1. The van der Waals surface area contributed by atoms with Gasteiger partial charge < -0.3 is 9.47 Å². The number of carbonyl (C=O) groups is 1. The van der Waals surface area contributed by atoms with Gasteiger partial charge in [-0.15, -0.1) is 25.3 Å². The smallest absolute Gasteiger partial charge is 0.311 e. The summed E-state index contributed by atoms with van der Waals surface area (Å²) < 4.78 is 11.3. The van der Waals surface area contributed by atoms with Crippen LogP contribution in [-0.2, 0) is 16.0 Å². The Labute approximate surface area is 157 Å². The molecule has 0 amide bonds. The Kier molecular flexibility index (Phi) is 8.26. The molecular formula is C23H26O3. The van der Waals surface area contributed by atoms with E-state index in [-0.39, 0.29) is 18.0 Å². The molecule has 0 bridgehead atoms. The Morgan fingerprint density at radius 1 is 1.31 bits per heavy atom. The van der Waals surface area contributed by atoms with Gasteiger partial charge in [-0.05, 0) is 44.0 Å². The summed E-state index contributed by atoms with van der Waals surface area (Å²) in [5, 5.41) is 0. The van der Waals surface area contributed by atoms with E-state index in [1.165, 1.54) is 0 Å². The number of terminal acetylenes is 2. The molecule has 0 aliphatic carbocycles. The van der Waals surface area contributed by atoms with E-state index in [0.717, 1.165) is 23.3 Å². The Balaban J connectivity index is 2.66. The van der Waals surface area contributed by atoms with Gasteiger partial charge in [0.15, 0.2) is 6.10 Å². The van der Waals surface area contributed by atoms with Crippen molar-refractivity contribution in [3.63, 3.8) is 0 Å². The van der Waals surface area contributed by atoms with Crippen molar-refractivity contribution in [1.82, 2.24) is 0 Å². The second kappa shape index (κ2) is 10.2. The third-order valence-electron chi connectivity index (χ3n) is 3.66. The summed E-state index contributed by atoms with van der Waals surface area (Å²) in [7, 11) is 0. The lowest BCUT2D eigenvalue weighted by molar-refractivity contribution is -0.144. The fourth-order valence-corrected chi connectivity index (χ4v) is 2.31. The van der Waals surface area contributed by atoms with E-state index in [9.17, 15) is 4.79 Å². The van der Waals surface area contributed by atoms with Crippen LogP contribution in [0.2, 0.25) is 0 Å². The predicted molar refractivity (Wildman–Crippen MR) is 106 cm³/mol. The highest BCUT2D eigenvalue weighted by Gasteiger charge is 2.18. The van der Waals surface area contributed by atoms with Gasteiger partial charge in [0.25, 0.3) is 0 Å². The zero-order chi connectivity index (χ0) is 19.6. The van der Waals surface area contributed by atoms with Crippen LogP contribution in [-0.4, -0.2) is 17.7 Å². The van der Waals surface area contributed by atoms with Gasteiger partial charge in [0.1, 0.15) is 11.4 Å². The van der Waals surface area contributed by atoms with E-state index >= 15 is 0 Å². The van der Waals surface area contributed by atoms with Gasteiger partial charge in [-0.1, -0.05) is 30.2 Å². The van der Waals surface area contributed by atoms with Crippen molar-refractivity contribution in [2.75, 3.05) is 0 Å². The van der Waals surface area contributed by atoms with Crippen molar-refractivity contribution in [2.45, 2.75) is 51.7 Å². The van der Waals surface area contributed by atoms with E-state index in [0.29, 0.717) is 6.42 Å². The SMILES string of the molecule is C#CCC=C(C)C(C#C)OC(=O)Cc1ccc(OC(C)(C)CC=C)cc1. The molecule has 1 aromatic carbocycles. The first-order chi connectivity index (χ1) is 12.3. The number of allylic oxidation sites excluding steroid dienone is 1. The zero-order valence-electron chi connectivity index (χ0n) is 15.7. The van der Waals surface area contributed by atoms with Crippen LogP contribution in [0.25, 0.3) is 0 Å². The molecule has 0 N–H and O–H groups in total. The molecule has 1 atom stereocenters. The molecule has 0 spiro atoms. The zero-order valence-corrected chi connectivity index (χ0v) is 15.7. The first-order valence-corrected chi connectivity index (χ1v) is 8.46. The molecule has 26 heavy (non-hydrogen) atoms. The average molecular weight is 350 g/mol. The van der Waals surface area contributed by atoms with Crippen molar-refractivity contribution in [2.24, 2.45) is 0 Å². The lowest BCUT2D eigenvalue weighted by Gasteiger charge is -2.25. The van der Waals surface area contributed by atoms with Crippen LogP contribution >= 0.6 is 0 Å². The first-order valence-electron chi connectivity index (χ1n) is 8.46. The lowest BCUT2D eigenvalue weighted by Crippen LogP contribution is -2.27. The minimum atomic E-state index is -0.696. The maximum Gasteiger partial charge on any atom is 0.311 e. The number of ether oxygens (including phenoxy) is 2. The molecule has 0 fully saturated rings. The predicted octanol–water partition coefficient (Wildman–Crippen LogP) is 4.48. The molecular weight excluding hydrogens is 324 g/mol. The number of hydrogen-bond acceptors (Lipinski definition) is 3. The topological polar surface area (TPSA) is 35.5 Å². The van der Waals surface area contributed by atoms with Gasteiger partial charge in [0.05, 0.1) is 6.42 Å². The van der Waals surface area contributed by atoms with E-state index in [2.05, 4.69) is 18.4 Å². The molecule has 0 radical (unpaired) electrons. The van der Waals surface area contributed by atoms with Gasteiger partial charge in [-0.3, -0.25) is 4.79 Å². The van der Waals surface area contributed by atoms with Crippen LogP contribution in [0.1, 0.15) is 39.2 Å². The van der Waals surface area contributed by atoms with Crippen molar-refractivity contribution >= 4 is 5.97 Å². The highest BCUT2D eigenvalue weighted by Crippen LogP contribution is 2.22. The highest BCUT2D eigenvalue weighted by molar-refractivity contribution is 5.73. The molecule has 1 rings (SSSR count). The molecule has 0 aliphatic rings. The summed E-state index contributed by atoms with van der Waals surface area (Å²) >= 11 is 0. The summed E-state index contributed by atoms with van der Waals surface area (Å²) in [5.74, 6) is 5.32. The van der Waals surface area contributed by atoms with Crippen LogP contribution in [0.5, 0.6) is 5.75 Å². The maximum atomic E-state index is 12.1. The molecule has 0 heterocycles. The van der Waals surface area contributed by atoms with Crippen LogP contribution in [0.3, 0.4) is 0 Å².